The first-order valence-electron chi connectivity index (χ1n) is 4.10. The molecule has 1 atom stereocenters. The molecule has 0 aliphatic rings. The van der Waals surface area contributed by atoms with Crippen molar-refractivity contribution in [2.24, 2.45) is 5.73 Å². The van der Waals surface area contributed by atoms with E-state index in [0.717, 1.165) is 19.3 Å². The zero-order chi connectivity index (χ0) is 8.69. The van der Waals surface area contributed by atoms with E-state index in [1.54, 1.807) is 0 Å². The first kappa shape index (κ1) is 10.4. The van der Waals surface area contributed by atoms with Crippen molar-refractivity contribution in [1.29, 1.82) is 0 Å². The van der Waals surface area contributed by atoms with E-state index in [1.165, 1.54) is 0 Å². The van der Waals surface area contributed by atoms with Gasteiger partial charge in [0.2, 0.25) is 0 Å². The van der Waals surface area contributed by atoms with E-state index in [4.69, 9.17) is 10.5 Å². The van der Waals surface area contributed by atoms with Crippen LogP contribution in [0.5, 0.6) is 0 Å². The van der Waals surface area contributed by atoms with Gasteiger partial charge in [0.15, 0.2) is 0 Å². The molecular formula is C8H17NO2. The summed E-state index contributed by atoms with van der Waals surface area (Å²) in [6, 6.07) is 0. The first-order valence-corrected chi connectivity index (χ1v) is 4.10. The van der Waals surface area contributed by atoms with Crippen LogP contribution in [0.1, 0.15) is 33.1 Å². The highest BCUT2D eigenvalue weighted by Gasteiger charge is 2.05. The van der Waals surface area contributed by atoms with Crippen molar-refractivity contribution >= 4 is 5.97 Å². The molecule has 66 valence electrons. The molecule has 0 radical (unpaired) electrons. The van der Waals surface area contributed by atoms with Gasteiger partial charge in [0, 0.05) is 0 Å². The van der Waals surface area contributed by atoms with Crippen LogP contribution in [-0.4, -0.2) is 18.6 Å². The van der Waals surface area contributed by atoms with Crippen LogP contribution in [0, 0.1) is 0 Å². The Morgan fingerprint density at radius 3 is 2.73 bits per heavy atom. The minimum Gasteiger partial charge on any atom is -0.462 e. The van der Waals surface area contributed by atoms with E-state index < -0.39 is 0 Å². The molecule has 3 heteroatoms. The molecule has 0 aromatic rings. The average molecular weight is 159 g/mol. The molecule has 0 spiro atoms. The molecule has 2 N–H and O–H groups in total. The largest absolute Gasteiger partial charge is 0.462 e. The Labute approximate surface area is 67.9 Å². The summed E-state index contributed by atoms with van der Waals surface area (Å²) in [5.74, 6) is -0.311. The maximum atomic E-state index is 10.6. The van der Waals surface area contributed by atoms with Gasteiger partial charge in [-0.05, 0) is 13.3 Å². The van der Waals surface area contributed by atoms with Crippen molar-refractivity contribution < 1.29 is 9.53 Å². The van der Waals surface area contributed by atoms with Crippen LogP contribution in [0.2, 0.25) is 0 Å². The monoisotopic (exact) mass is 159 g/mol. The van der Waals surface area contributed by atoms with Crippen LogP contribution in [-0.2, 0) is 9.53 Å². The molecule has 0 bridgehead atoms. The fraction of sp³-hybridized carbons (Fsp3) is 0.875. The summed E-state index contributed by atoms with van der Waals surface area (Å²) in [6.45, 7) is 3.98. The lowest BCUT2D eigenvalue weighted by atomic mass is 10.2. The Morgan fingerprint density at radius 1 is 1.64 bits per heavy atom. The second kappa shape index (κ2) is 6.16. The van der Waals surface area contributed by atoms with Crippen molar-refractivity contribution in [3.63, 3.8) is 0 Å². The fourth-order valence-electron chi connectivity index (χ4n) is 0.823. The Morgan fingerprint density at radius 2 is 2.27 bits per heavy atom. The van der Waals surface area contributed by atoms with Gasteiger partial charge in [0.1, 0.15) is 0 Å². The Balaban J connectivity index is 3.35. The SMILES string of the molecule is CCCCC(C)OC(=O)CN. The van der Waals surface area contributed by atoms with E-state index >= 15 is 0 Å². The molecule has 0 fully saturated rings. The van der Waals surface area contributed by atoms with Gasteiger partial charge in [-0.3, -0.25) is 4.79 Å². The predicted octanol–water partition coefficient (Wildman–Crippen LogP) is 1.07. The normalized spacial score (nSPS) is 12.6. The minimum atomic E-state index is -0.311. The third kappa shape index (κ3) is 5.85. The molecule has 0 aliphatic carbocycles. The maximum Gasteiger partial charge on any atom is 0.319 e. The van der Waals surface area contributed by atoms with Gasteiger partial charge >= 0.3 is 5.97 Å². The highest BCUT2D eigenvalue weighted by Crippen LogP contribution is 2.03. The van der Waals surface area contributed by atoms with Gasteiger partial charge in [-0.15, -0.1) is 0 Å². The smallest absolute Gasteiger partial charge is 0.319 e. The summed E-state index contributed by atoms with van der Waals surface area (Å²) in [7, 11) is 0. The van der Waals surface area contributed by atoms with E-state index in [-0.39, 0.29) is 18.6 Å². The fourth-order valence-corrected chi connectivity index (χ4v) is 0.823. The molecule has 0 saturated heterocycles. The lowest BCUT2D eigenvalue weighted by molar-refractivity contribution is -0.146. The lowest BCUT2D eigenvalue weighted by Crippen LogP contribution is -2.21. The molecule has 0 aromatic heterocycles. The van der Waals surface area contributed by atoms with Crippen LogP contribution in [0.3, 0.4) is 0 Å². The Hall–Kier alpha value is -0.570. The first-order chi connectivity index (χ1) is 5.20. The third-order valence-electron chi connectivity index (χ3n) is 1.46. The number of hydrogen-bond donors (Lipinski definition) is 1. The number of rotatable bonds is 5. The zero-order valence-electron chi connectivity index (χ0n) is 7.30. The average Bonchev–Trinajstić information content (AvgIpc) is 2.00. The maximum absolute atomic E-state index is 10.6. The summed E-state index contributed by atoms with van der Waals surface area (Å²) >= 11 is 0. The van der Waals surface area contributed by atoms with Crippen molar-refractivity contribution in [2.75, 3.05) is 6.54 Å². The molecule has 11 heavy (non-hydrogen) atoms. The summed E-state index contributed by atoms with van der Waals surface area (Å²) < 4.78 is 4.94. The van der Waals surface area contributed by atoms with Gasteiger partial charge in [-0.2, -0.15) is 0 Å². The van der Waals surface area contributed by atoms with Crippen LogP contribution in [0.25, 0.3) is 0 Å². The van der Waals surface area contributed by atoms with Crippen molar-refractivity contribution in [2.45, 2.75) is 39.2 Å². The molecule has 0 aliphatic heterocycles. The number of nitrogens with two attached hydrogens (primary N) is 1. The van der Waals surface area contributed by atoms with E-state index in [9.17, 15) is 4.79 Å². The molecule has 0 aromatic carbocycles. The minimum absolute atomic E-state index is 0.0174. The number of ether oxygens (including phenoxy) is 1. The van der Waals surface area contributed by atoms with Crippen LogP contribution >= 0.6 is 0 Å². The number of unbranched alkanes of at least 4 members (excludes halogenated alkanes) is 1. The predicted molar refractivity (Wildman–Crippen MR) is 44.1 cm³/mol. The molecule has 1 unspecified atom stereocenters. The quantitative estimate of drug-likeness (QED) is 0.610. The van der Waals surface area contributed by atoms with E-state index in [0.29, 0.717) is 0 Å². The summed E-state index contributed by atoms with van der Waals surface area (Å²) in [5, 5.41) is 0. The molecular weight excluding hydrogens is 142 g/mol. The van der Waals surface area contributed by atoms with Crippen molar-refractivity contribution in [3.05, 3.63) is 0 Å². The number of hydrogen-bond acceptors (Lipinski definition) is 3. The lowest BCUT2D eigenvalue weighted by Gasteiger charge is -2.11. The van der Waals surface area contributed by atoms with Crippen LogP contribution < -0.4 is 5.73 Å². The van der Waals surface area contributed by atoms with Crippen molar-refractivity contribution in [1.82, 2.24) is 0 Å². The Bertz CT molecular complexity index is 115. The van der Waals surface area contributed by atoms with Gasteiger partial charge in [0.05, 0.1) is 12.6 Å². The number of carbonyl (C=O) groups is 1. The number of esters is 1. The topological polar surface area (TPSA) is 52.3 Å². The van der Waals surface area contributed by atoms with Gasteiger partial charge < -0.3 is 10.5 Å². The molecule has 0 saturated carbocycles. The standard InChI is InChI=1S/C8H17NO2/c1-3-4-5-7(2)11-8(10)6-9/h7H,3-6,9H2,1-2H3. The van der Waals surface area contributed by atoms with E-state index in [2.05, 4.69) is 6.92 Å². The van der Waals surface area contributed by atoms with Gasteiger partial charge in [-0.1, -0.05) is 19.8 Å². The Kier molecular flexibility index (Phi) is 5.84. The molecule has 0 heterocycles. The molecule has 0 rings (SSSR count). The molecule has 0 amide bonds. The number of carbonyl (C=O) groups excluding carboxylic acids is 1. The summed E-state index contributed by atoms with van der Waals surface area (Å²) in [5.41, 5.74) is 5.07. The summed E-state index contributed by atoms with van der Waals surface area (Å²) in [4.78, 5) is 10.6. The highest BCUT2D eigenvalue weighted by molar-refractivity contribution is 5.71. The highest BCUT2D eigenvalue weighted by atomic mass is 16.5. The molecule has 3 nitrogen and oxygen atoms in total. The van der Waals surface area contributed by atoms with Gasteiger partial charge in [0.25, 0.3) is 0 Å². The van der Waals surface area contributed by atoms with Crippen LogP contribution in [0.15, 0.2) is 0 Å². The van der Waals surface area contributed by atoms with Gasteiger partial charge in [-0.25, -0.2) is 0 Å². The third-order valence-corrected chi connectivity index (χ3v) is 1.46. The zero-order valence-corrected chi connectivity index (χ0v) is 7.30. The van der Waals surface area contributed by atoms with Crippen LogP contribution in [0.4, 0.5) is 0 Å². The van der Waals surface area contributed by atoms with Crippen molar-refractivity contribution in [3.8, 4) is 0 Å². The second-order valence-electron chi connectivity index (χ2n) is 2.65. The van der Waals surface area contributed by atoms with E-state index in [1.807, 2.05) is 6.92 Å². The summed E-state index contributed by atoms with van der Waals surface area (Å²) in [6.07, 6.45) is 3.18. The second-order valence-corrected chi connectivity index (χ2v) is 2.65.